The van der Waals surface area contributed by atoms with Crippen LogP contribution in [0.25, 0.3) is 0 Å². The van der Waals surface area contributed by atoms with Gasteiger partial charge in [-0.15, -0.1) is 0 Å². The van der Waals surface area contributed by atoms with Gasteiger partial charge in [-0.1, -0.05) is 0 Å². The maximum absolute atomic E-state index is 12.9. The molecule has 12 heteroatoms. The van der Waals surface area contributed by atoms with Crippen LogP contribution in [0.15, 0.2) is 35.4 Å². The molecule has 1 saturated heterocycles. The molecule has 1 N–H and O–H groups in total. The minimum Gasteiger partial charge on any atom is -0.446 e. The molecule has 0 aromatic carbocycles. The van der Waals surface area contributed by atoms with E-state index in [0.717, 1.165) is 24.5 Å². The molecule has 0 aliphatic carbocycles. The molecule has 0 saturated carbocycles. The first kappa shape index (κ1) is 24.6. The third-order valence-corrected chi connectivity index (χ3v) is 5.38. The molecule has 1 amide bonds. The van der Waals surface area contributed by atoms with E-state index in [0.29, 0.717) is 31.6 Å². The minimum atomic E-state index is -4.80. The fourth-order valence-corrected chi connectivity index (χ4v) is 3.65. The van der Waals surface area contributed by atoms with E-state index in [1.54, 1.807) is 0 Å². The Morgan fingerprint density at radius 2 is 1.85 bits per heavy atom. The van der Waals surface area contributed by atoms with Gasteiger partial charge in [-0.2, -0.15) is 26.3 Å². The largest absolute Gasteiger partial charge is 0.446 e. The SMILES string of the molecule is C[C@@H](Cc1c[nH]c(=O)c(C(F)(F)F)c1)OC(=O)N1CCC(c2ccc(C(F)(F)F)cn2)CC1. The van der Waals surface area contributed by atoms with Crippen molar-refractivity contribution in [2.45, 2.75) is 50.6 Å². The number of halogens is 6. The zero-order valence-corrected chi connectivity index (χ0v) is 17.5. The molecule has 0 bridgehead atoms. The van der Waals surface area contributed by atoms with Gasteiger partial charge >= 0.3 is 18.4 Å². The molecule has 2 aromatic rings. The second kappa shape index (κ2) is 9.44. The summed E-state index contributed by atoms with van der Waals surface area (Å²) >= 11 is 0. The number of alkyl halides is 6. The van der Waals surface area contributed by atoms with Crippen molar-refractivity contribution in [1.82, 2.24) is 14.9 Å². The molecule has 0 spiro atoms. The molecule has 0 radical (unpaired) electrons. The van der Waals surface area contributed by atoms with Gasteiger partial charge in [0.2, 0.25) is 0 Å². The van der Waals surface area contributed by atoms with E-state index in [4.69, 9.17) is 4.74 Å². The van der Waals surface area contributed by atoms with Gasteiger partial charge in [0.15, 0.2) is 0 Å². The maximum atomic E-state index is 12.9. The van der Waals surface area contributed by atoms with Crippen molar-refractivity contribution < 1.29 is 35.9 Å². The first-order valence-corrected chi connectivity index (χ1v) is 10.1. The molecule has 1 atom stereocenters. The third kappa shape index (κ3) is 6.26. The summed E-state index contributed by atoms with van der Waals surface area (Å²) in [5.41, 5.74) is -2.72. The average Bonchev–Trinajstić information content (AvgIpc) is 2.74. The molecule has 3 heterocycles. The fraction of sp³-hybridized carbons (Fsp3) is 0.476. The second-order valence-corrected chi connectivity index (χ2v) is 7.88. The van der Waals surface area contributed by atoms with Gasteiger partial charge in [0, 0.05) is 43.5 Å². The summed E-state index contributed by atoms with van der Waals surface area (Å²) in [6, 6.07) is 3.04. The van der Waals surface area contributed by atoms with Crippen LogP contribution in [0.5, 0.6) is 0 Å². The summed E-state index contributed by atoms with van der Waals surface area (Å²) in [4.78, 5) is 31.1. The number of piperidine rings is 1. The van der Waals surface area contributed by atoms with Gasteiger partial charge in [-0.05, 0) is 43.5 Å². The van der Waals surface area contributed by atoms with Gasteiger partial charge in [0.1, 0.15) is 11.7 Å². The normalized spacial score (nSPS) is 16.5. The molecule has 1 fully saturated rings. The standard InChI is InChI=1S/C21H21F6N3O3/c1-12(8-13-9-16(21(25,26)27)18(31)29-10-13)33-19(32)30-6-4-14(5-7-30)17-3-2-15(11-28-17)20(22,23)24/h2-3,9-12,14H,4-8H2,1H3,(H,29,31)/t12-/m0/s1. The van der Waals surface area contributed by atoms with Crippen molar-refractivity contribution in [3.05, 3.63) is 63.3 Å². The lowest BCUT2D eigenvalue weighted by atomic mass is 9.93. The van der Waals surface area contributed by atoms with E-state index in [2.05, 4.69) is 4.98 Å². The van der Waals surface area contributed by atoms with Crippen LogP contribution in [0.2, 0.25) is 0 Å². The van der Waals surface area contributed by atoms with Gasteiger partial charge in [-0.25, -0.2) is 4.79 Å². The van der Waals surface area contributed by atoms with Crippen molar-refractivity contribution in [3.8, 4) is 0 Å². The highest BCUT2D eigenvalue weighted by Crippen LogP contribution is 2.32. The number of amides is 1. The van der Waals surface area contributed by atoms with Crippen LogP contribution in [0.4, 0.5) is 31.1 Å². The molecule has 180 valence electrons. The third-order valence-electron chi connectivity index (χ3n) is 5.38. The Balaban J connectivity index is 1.52. The molecular formula is C21H21F6N3O3. The van der Waals surface area contributed by atoms with E-state index >= 15 is 0 Å². The summed E-state index contributed by atoms with van der Waals surface area (Å²) in [7, 11) is 0. The molecule has 33 heavy (non-hydrogen) atoms. The van der Waals surface area contributed by atoms with E-state index < -0.39 is 41.2 Å². The van der Waals surface area contributed by atoms with E-state index in [1.807, 2.05) is 4.98 Å². The Bertz CT molecular complexity index is 1030. The minimum absolute atomic E-state index is 0.0302. The average molecular weight is 477 g/mol. The van der Waals surface area contributed by atoms with E-state index in [9.17, 15) is 35.9 Å². The molecule has 6 nitrogen and oxygen atoms in total. The number of nitrogens with one attached hydrogen (secondary N) is 1. The number of carbonyl (C=O) groups excluding carboxylic acids is 1. The topological polar surface area (TPSA) is 75.3 Å². The Morgan fingerprint density at radius 1 is 1.18 bits per heavy atom. The van der Waals surface area contributed by atoms with Crippen molar-refractivity contribution >= 4 is 6.09 Å². The quantitative estimate of drug-likeness (QED) is 0.645. The summed E-state index contributed by atoms with van der Waals surface area (Å²) in [6.07, 6.45) is -7.77. The number of carbonyl (C=O) groups is 1. The number of ether oxygens (including phenoxy) is 1. The zero-order valence-electron chi connectivity index (χ0n) is 17.5. The smallest absolute Gasteiger partial charge is 0.421 e. The first-order chi connectivity index (χ1) is 15.3. The fourth-order valence-electron chi connectivity index (χ4n) is 3.65. The van der Waals surface area contributed by atoms with E-state index in [-0.39, 0.29) is 17.9 Å². The highest BCUT2D eigenvalue weighted by Gasteiger charge is 2.34. The number of H-pyrrole nitrogens is 1. The Hall–Kier alpha value is -3.05. The van der Waals surface area contributed by atoms with Crippen molar-refractivity contribution in [3.63, 3.8) is 0 Å². The lowest BCUT2D eigenvalue weighted by Gasteiger charge is -2.32. The Kier molecular flexibility index (Phi) is 7.03. The predicted octanol–water partition coefficient (Wildman–Crippen LogP) is 4.75. The van der Waals surface area contributed by atoms with Gasteiger partial charge < -0.3 is 14.6 Å². The number of likely N-dealkylation sites (tertiary alicyclic amines) is 1. The molecule has 2 aromatic heterocycles. The Labute approximate surface area is 184 Å². The lowest BCUT2D eigenvalue weighted by Crippen LogP contribution is -2.40. The highest BCUT2D eigenvalue weighted by molar-refractivity contribution is 5.68. The molecular weight excluding hydrogens is 456 g/mol. The zero-order chi connectivity index (χ0) is 24.4. The van der Waals surface area contributed by atoms with Crippen LogP contribution in [-0.2, 0) is 23.5 Å². The van der Waals surface area contributed by atoms with Gasteiger partial charge in [0.05, 0.1) is 5.56 Å². The molecule has 3 rings (SSSR count). The maximum Gasteiger partial charge on any atom is 0.421 e. The highest BCUT2D eigenvalue weighted by atomic mass is 19.4. The Morgan fingerprint density at radius 3 is 2.39 bits per heavy atom. The van der Waals surface area contributed by atoms with Crippen LogP contribution < -0.4 is 5.56 Å². The van der Waals surface area contributed by atoms with Crippen molar-refractivity contribution in [1.29, 1.82) is 0 Å². The number of aromatic amines is 1. The van der Waals surface area contributed by atoms with Crippen LogP contribution in [0, 0.1) is 0 Å². The summed E-state index contributed by atoms with van der Waals surface area (Å²) in [5, 5.41) is 0. The summed E-state index contributed by atoms with van der Waals surface area (Å²) < 4.78 is 82.0. The molecule has 1 aliphatic rings. The number of hydrogen-bond acceptors (Lipinski definition) is 4. The molecule has 1 aliphatic heterocycles. The van der Waals surface area contributed by atoms with Crippen molar-refractivity contribution in [2.24, 2.45) is 0 Å². The monoisotopic (exact) mass is 477 g/mol. The van der Waals surface area contributed by atoms with Crippen LogP contribution in [0.1, 0.15) is 48.1 Å². The molecule has 0 unspecified atom stereocenters. The number of aromatic nitrogens is 2. The van der Waals surface area contributed by atoms with Crippen LogP contribution in [-0.4, -0.2) is 40.2 Å². The number of pyridine rings is 2. The first-order valence-electron chi connectivity index (χ1n) is 10.1. The number of nitrogens with zero attached hydrogens (tertiary/aromatic N) is 2. The predicted molar refractivity (Wildman–Crippen MR) is 104 cm³/mol. The van der Waals surface area contributed by atoms with Crippen molar-refractivity contribution in [2.75, 3.05) is 13.1 Å². The van der Waals surface area contributed by atoms with Crippen LogP contribution in [0.3, 0.4) is 0 Å². The second-order valence-electron chi connectivity index (χ2n) is 7.88. The van der Waals surface area contributed by atoms with Gasteiger partial charge in [0.25, 0.3) is 5.56 Å². The number of hydrogen-bond donors (Lipinski definition) is 1. The lowest BCUT2D eigenvalue weighted by molar-refractivity contribution is -0.139. The van der Waals surface area contributed by atoms with Crippen LogP contribution >= 0.6 is 0 Å². The number of rotatable bonds is 4. The van der Waals surface area contributed by atoms with Gasteiger partial charge in [-0.3, -0.25) is 9.78 Å². The van der Waals surface area contributed by atoms with E-state index in [1.165, 1.54) is 17.9 Å². The summed E-state index contributed by atoms with van der Waals surface area (Å²) in [6.45, 7) is 2.13. The summed E-state index contributed by atoms with van der Waals surface area (Å²) in [5.74, 6) is -0.101.